The molecular weight excluding hydrogens is 404 g/mol. The number of halogens is 1. The summed E-state index contributed by atoms with van der Waals surface area (Å²) in [5.74, 6) is -0.0355. The van der Waals surface area contributed by atoms with Crippen molar-refractivity contribution in [2.45, 2.75) is 45.5 Å². The maximum Gasteiger partial charge on any atom is 0.243 e. The number of amides is 1. The number of hydrazine groups is 1. The molecule has 0 saturated heterocycles. The predicted molar refractivity (Wildman–Crippen MR) is 114 cm³/mol. The van der Waals surface area contributed by atoms with Gasteiger partial charge in [0.2, 0.25) is 5.91 Å². The fraction of sp³-hybridized carbons (Fsp3) is 0.381. The third-order valence-electron chi connectivity index (χ3n) is 5.18. The second-order valence-electron chi connectivity index (χ2n) is 7.55. The smallest absolute Gasteiger partial charge is 0.243 e. The zero-order valence-electron chi connectivity index (χ0n) is 17.1. The summed E-state index contributed by atoms with van der Waals surface area (Å²) in [5.41, 5.74) is 8.29. The number of benzene rings is 1. The van der Waals surface area contributed by atoms with E-state index in [1.54, 1.807) is 25.1 Å². The van der Waals surface area contributed by atoms with Gasteiger partial charge < -0.3 is 15.8 Å². The molecule has 4 N–H and O–H groups in total. The second kappa shape index (κ2) is 9.30. The molecule has 1 amide bonds. The summed E-state index contributed by atoms with van der Waals surface area (Å²) in [7, 11) is 0. The van der Waals surface area contributed by atoms with E-state index in [1.165, 1.54) is 0 Å². The summed E-state index contributed by atoms with van der Waals surface area (Å²) in [4.78, 5) is 12.5. The fourth-order valence-corrected chi connectivity index (χ4v) is 3.32. The van der Waals surface area contributed by atoms with Gasteiger partial charge >= 0.3 is 0 Å². The van der Waals surface area contributed by atoms with Crippen LogP contribution in [0.25, 0.3) is 11.3 Å². The first-order chi connectivity index (χ1) is 14.3. The van der Waals surface area contributed by atoms with Crippen LogP contribution in [0.15, 0.2) is 42.2 Å². The van der Waals surface area contributed by atoms with E-state index in [0.29, 0.717) is 22.8 Å². The number of carbonyl (C=O) groups is 1. The maximum atomic E-state index is 12.5. The number of nitrogens with one attached hydrogen (secondary N) is 3. The Kier molecular flexibility index (Phi) is 6.77. The Hall–Kier alpha value is -2.86. The lowest BCUT2D eigenvalue weighted by atomic mass is 10.0. The lowest BCUT2D eigenvalue weighted by Crippen LogP contribution is -2.48. The SMILES string of the molecule is CC(O)C1=CC(C(=O)N[C@@H](C)C(C)Cn2ccc(-c3ccc(C#N)c(Cl)c3)n2)NN1. The highest BCUT2D eigenvalue weighted by Gasteiger charge is 2.26. The van der Waals surface area contributed by atoms with Crippen LogP contribution in [-0.2, 0) is 11.3 Å². The van der Waals surface area contributed by atoms with Crippen molar-refractivity contribution in [2.75, 3.05) is 0 Å². The average Bonchev–Trinajstić information content (AvgIpc) is 3.37. The molecule has 1 aliphatic rings. The topological polar surface area (TPSA) is 115 Å². The summed E-state index contributed by atoms with van der Waals surface area (Å²) < 4.78 is 1.83. The Balaban J connectivity index is 1.58. The van der Waals surface area contributed by atoms with Crippen molar-refractivity contribution in [3.05, 3.63) is 52.8 Å². The average molecular weight is 429 g/mol. The van der Waals surface area contributed by atoms with Crippen molar-refractivity contribution in [3.8, 4) is 17.3 Å². The number of nitrogens with zero attached hydrogens (tertiary/aromatic N) is 3. The Bertz CT molecular complexity index is 994. The first-order valence-corrected chi connectivity index (χ1v) is 10.1. The highest BCUT2D eigenvalue weighted by atomic mass is 35.5. The highest BCUT2D eigenvalue weighted by Crippen LogP contribution is 2.24. The fourth-order valence-electron chi connectivity index (χ4n) is 3.10. The van der Waals surface area contributed by atoms with Gasteiger partial charge in [-0.1, -0.05) is 24.6 Å². The van der Waals surface area contributed by atoms with E-state index in [2.05, 4.69) is 21.3 Å². The molecule has 1 aliphatic heterocycles. The van der Waals surface area contributed by atoms with Crippen molar-refractivity contribution < 1.29 is 9.90 Å². The van der Waals surface area contributed by atoms with Crippen LogP contribution in [0.5, 0.6) is 0 Å². The minimum absolute atomic E-state index is 0.0830. The number of hydrogen-bond acceptors (Lipinski definition) is 6. The third kappa shape index (κ3) is 5.00. The van der Waals surface area contributed by atoms with E-state index >= 15 is 0 Å². The van der Waals surface area contributed by atoms with Gasteiger partial charge in [0.15, 0.2) is 0 Å². The minimum Gasteiger partial charge on any atom is -0.387 e. The molecule has 8 nitrogen and oxygen atoms in total. The predicted octanol–water partition coefficient (Wildman–Crippen LogP) is 1.96. The standard InChI is InChI=1S/C21H25ClN6O2/c1-12(13(2)24-21(30)20-9-19(14(3)29)25-26-20)11-28-7-6-18(27-28)15-4-5-16(10-23)17(22)8-15/h4-9,12-14,20,25-26,29H,11H2,1-3H3,(H,24,30)/t12?,13-,14?,20?/m0/s1. The number of aromatic nitrogens is 2. The zero-order chi connectivity index (χ0) is 21.8. The molecule has 3 rings (SSSR count). The molecule has 0 spiro atoms. The van der Waals surface area contributed by atoms with Gasteiger partial charge in [0, 0.05) is 24.3 Å². The molecular formula is C21H25ClN6O2. The largest absolute Gasteiger partial charge is 0.387 e. The molecule has 158 valence electrons. The van der Waals surface area contributed by atoms with Gasteiger partial charge in [-0.15, -0.1) is 0 Å². The number of nitriles is 1. The maximum absolute atomic E-state index is 12.5. The molecule has 0 aliphatic carbocycles. The van der Waals surface area contributed by atoms with E-state index < -0.39 is 12.1 Å². The molecule has 0 bridgehead atoms. The molecule has 1 aromatic heterocycles. The number of hydrogen-bond donors (Lipinski definition) is 4. The van der Waals surface area contributed by atoms with E-state index in [0.717, 1.165) is 11.3 Å². The van der Waals surface area contributed by atoms with Crippen molar-refractivity contribution in [3.63, 3.8) is 0 Å². The molecule has 9 heteroatoms. The normalized spacial score (nSPS) is 18.7. The van der Waals surface area contributed by atoms with Crippen LogP contribution in [0.4, 0.5) is 0 Å². The lowest BCUT2D eigenvalue weighted by Gasteiger charge is -2.22. The Morgan fingerprint density at radius 3 is 2.80 bits per heavy atom. The van der Waals surface area contributed by atoms with Gasteiger partial charge in [-0.2, -0.15) is 10.4 Å². The van der Waals surface area contributed by atoms with Crippen LogP contribution < -0.4 is 16.2 Å². The van der Waals surface area contributed by atoms with Crippen molar-refractivity contribution in [1.82, 2.24) is 25.9 Å². The Morgan fingerprint density at radius 2 is 2.17 bits per heavy atom. The minimum atomic E-state index is -0.661. The Morgan fingerprint density at radius 1 is 1.40 bits per heavy atom. The molecule has 1 aromatic carbocycles. The number of aliphatic hydroxyl groups is 1. The Labute approximate surface area is 180 Å². The van der Waals surface area contributed by atoms with Gasteiger partial charge in [0.05, 0.1) is 28.1 Å². The van der Waals surface area contributed by atoms with Crippen molar-refractivity contribution >= 4 is 17.5 Å². The van der Waals surface area contributed by atoms with Crippen LogP contribution in [0.2, 0.25) is 5.02 Å². The van der Waals surface area contributed by atoms with Gasteiger partial charge in [-0.3, -0.25) is 9.48 Å². The quantitative estimate of drug-likeness (QED) is 0.536. The molecule has 30 heavy (non-hydrogen) atoms. The van der Waals surface area contributed by atoms with Crippen molar-refractivity contribution in [2.24, 2.45) is 5.92 Å². The van der Waals surface area contributed by atoms with E-state index in [-0.39, 0.29) is 17.9 Å². The molecule has 2 aromatic rings. The monoisotopic (exact) mass is 428 g/mol. The molecule has 0 radical (unpaired) electrons. The first-order valence-electron chi connectivity index (χ1n) is 9.73. The molecule has 0 saturated carbocycles. The summed E-state index contributed by atoms with van der Waals surface area (Å²) in [6.45, 7) is 6.25. The summed E-state index contributed by atoms with van der Waals surface area (Å²) in [6, 6.07) is 8.56. The molecule has 0 fully saturated rings. The summed E-state index contributed by atoms with van der Waals surface area (Å²) in [6.07, 6.45) is 2.90. The number of carbonyl (C=O) groups excluding carboxylic acids is 1. The van der Waals surface area contributed by atoms with Crippen molar-refractivity contribution in [1.29, 1.82) is 5.26 Å². The molecule has 4 atom stereocenters. The zero-order valence-corrected chi connectivity index (χ0v) is 17.8. The van der Waals surface area contributed by atoms with E-state index in [9.17, 15) is 9.90 Å². The van der Waals surface area contributed by atoms with Gasteiger partial charge in [-0.25, -0.2) is 5.43 Å². The van der Waals surface area contributed by atoms with Gasteiger partial charge in [0.1, 0.15) is 12.1 Å². The van der Waals surface area contributed by atoms with Gasteiger partial charge in [0.25, 0.3) is 0 Å². The van der Waals surface area contributed by atoms with Crippen LogP contribution in [0, 0.1) is 17.2 Å². The molecule has 2 heterocycles. The van der Waals surface area contributed by atoms with Crippen LogP contribution >= 0.6 is 11.6 Å². The summed E-state index contributed by atoms with van der Waals surface area (Å²) in [5, 5.41) is 26.6. The molecule has 3 unspecified atom stereocenters. The third-order valence-corrected chi connectivity index (χ3v) is 5.49. The van der Waals surface area contributed by atoms with Gasteiger partial charge in [-0.05, 0) is 44.0 Å². The summed E-state index contributed by atoms with van der Waals surface area (Å²) >= 11 is 6.12. The highest BCUT2D eigenvalue weighted by molar-refractivity contribution is 6.32. The number of aliphatic hydroxyl groups excluding tert-OH is 1. The van der Waals surface area contributed by atoms with Crippen LogP contribution in [-0.4, -0.2) is 39.0 Å². The number of rotatable bonds is 7. The first kappa shape index (κ1) is 21.8. The second-order valence-corrected chi connectivity index (χ2v) is 7.96. The lowest BCUT2D eigenvalue weighted by molar-refractivity contribution is -0.123. The van der Waals surface area contributed by atoms with E-state index in [4.69, 9.17) is 16.9 Å². The van der Waals surface area contributed by atoms with Crippen LogP contribution in [0.3, 0.4) is 0 Å². The van der Waals surface area contributed by atoms with Crippen LogP contribution in [0.1, 0.15) is 26.3 Å². The van der Waals surface area contributed by atoms with E-state index in [1.807, 2.05) is 42.9 Å².